The van der Waals surface area contributed by atoms with Crippen molar-refractivity contribution in [3.63, 3.8) is 0 Å². The van der Waals surface area contributed by atoms with Crippen LogP contribution in [0.5, 0.6) is 11.5 Å². The first-order valence-electron chi connectivity index (χ1n) is 9.97. The fourth-order valence-corrected chi connectivity index (χ4v) is 4.08. The van der Waals surface area contributed by atoms with E-state index in [-0.39, 0.29) is 24.4 Å². The van der Waals surface area contributed by atoms with Gasteiger partial charge in [-0.1, -0.05) is 17.7 Å². The second-order valence-electron chi connectivity index (χ2n) is 7.32. The highest BCUT2D eigenvalue weighted by molar-refractivity contribution is 6.44. The lowest BCUT2D eigenvalue weighted by Crippen LogP contribution is -2.44. The number of amides is 1. The predicted octanol–water partition coefficient (Wildman–Crippen LogP) is 2.73. The summed E-state index contributed by atoms with van der Waals surface area (Å²) in [4.78, 5) is 25.8. The predicted molar refractivity (Wildman–Crippen MR) is 116 cm³/mol. The second-order valence-corrected chi connectivity index (χ2v) is 7.73. The van der Waals surface area contributed by atoms with Crippen molar-refractivity contribution >= 4 is 39.9 Å². The third-order valence-electron chi connectivity index (χ3n) is 5.38. The van der Waals surface area contributed by atoms with Crippen LogP contribution in [0.4, 0.5) is 5.82 Å². The van der Waals surface area contributed by atoms with E-state index in [1.165, 1.54) is 6.33 Å². The lowest BCUT2D eigenvalue weighted by atomic mass is 9.86. The number of rotatable bonds is 1. The summed E-state index contributed by atoms with van der Waals surface area (Å²) >= 11 is 6.57. The van der Waals surface area contributed by atoms with Gasteiger partial charge in [-0.3, -0.25) is 4.79 Å². The van der Waals surface area contributed by atoms with E-state index in [0.717, 1.165) is 18.6 Å². The van der Waals surface area contributed by atoms with Crippen LogP contribution in [0.3, 0.4) is 0 Å². The largest absolute Gasteiger partial charge is 0.494 e. The van der Waals surface area contributed by atoms with Gasteiger partial charge in [0.15, 0.2) is 5.82 Å². The molecular formula is C21H24ClN5O3. The summed E-state index contributed by atoms with van der Waals surface area (Å²) in [5.74, 6) is 1.63. The highest BCUT2D eigenvalue weighted by Gasteiger charge is 2.28. The van der Waals surface area contributed by atoms with Crippen LogP contribution in [0.25, 0.3) is 10.9 Å². The van der Waals surface area contributed by atoms with E-state index >= 15 is 0 Å². The van der Waals surface area contributed by atoms with Gasteiger partial charge in [0.25, 0.3) is 0 Å². The van der Waals surface area contributed by atoms with Gasteiger partial charge in [0, 0.05) is 18.0 Å². The molecular weight excluding hydrogens is 406 g/mol. The van der Waals surface area contributed by atoms with E-state index in [2.05, 4.69) is 20.6 Å². The van der Waals surface area contributed by atoms with Crippen molar-refractivity contribution in [2.75, 3.05) is 26.8 Å². The van der Waals surface area contributed by atoms with E-state index in [4.69, 9.17) is 26.1 Å². The molecule has 1 aliphatic carbocycles. The van der Waals surface area contributed by atoms with Gasteiger partial charge in [0.05, 0.1) is 36.3 Å². The van der Waals surface area contributed by atoms with Crippen molar-refractivity contribution < 1.29 is 14.3 Å². The highest BCUT2D eigenvalue weighted by Crippen LogP contribution is 2.36. The molecule has 1 aliphatic heterocycles. The maximum atomic E-state index is 12.2. The van der Waals surface area contributed by atoms with Gasteiger partial charge in [0.1, 0.15) is 29.9 Å². The van der Waals surface area contributed by atoms with Crippen molar-refractivity contribution in [2.45, 2.75) is 25.8 Å². The third-order valence-corrected chi connectivity index (χ3v) is 5.73. The standard InChI is InChI=1S/C21H24ClN5O3/c1-12-14-4-3-5-16(22)19(14)27-21-15-8-13(30-7-6-23-18(28)10-24-12)9-17(29-2)20(15)25-11-26-21/h5,8-9,11-12,14,24H,3-4,6-7,10H2,1-2H3,(H,23,28). The van der Waals surface area contributed by atoms with Gasteiger partial charge in [-0.15, -0.1) is 0 Å². The Balaban J connectivity index is 1.88. The van der Waals surface area contributed by atoms with Gasteiger partial charge in [-0.25, -0.2) is 15.0 Å². The number of hydrogen-bond donors (Lipinski definition) is 2. The van der Waals surface area contributed by atoms with Crippen molar-refractivity contribution in [1.29, 1.82) is 0 Å². The normalized spacial score (nSPS) is 22.7. The highest BCUT2D eigenvalue weighted by atomic mass is 35.5. The molecule has 8 nitrogen and oxygen atoms in total. The molecule has 1 aromatic heterocycles. The number of nitrogens with one attached hydrogen (secondary N) is 2. The molecule has 4 rings (SSSR count). The minimum absolute atomic E-state index is 0.0107. The summed E-state index contributed by atoms with van der Waals surface area (Å²) in [7, 11) is 1.58. The maximum absolute atomic E-state index is 12.2. The molecule has 0 radical (unpaired) electrons. The molecule has 2 N–H and O–H groups in total. The van der Waals surface area contributed by atoms with Crippen LogP contribution < -0.4 is 20.1 Å². The number of aliphatic imine (C=N–C) groups is 1. The quantitative estimate of drug-likeness (QED) is 0.723. The summed E-state index contributed by atoms with van der Waals surface area (Å²) < 4.78 is 11.3. The average molecular weight is 430 g/mol. The first kappa shape index (κ1) is 20.6. The van der Waals surface area contributed by atoms with Gasteiger partial charge < -0.3 is 20.1 Å². The summed E-state index contributed by atoms with van der Waals surface area (Å²) in [6.45, 7) is 2.98. The van der Waals surface area contributed by atoms with Gasteiger partial charge in [0.2, 0.25) is 5.91 Å². The van der Waals surface area contributed by atoms with E-state index in [1.54, 1.807) is 13.2 Å². The first-order chi connectivity index (χ1) is 14.6. The fraction of sp³-hybridized carbons (Fsp3) is 0.429. The van der Waals surface area contributed by atoms with Crippen LogP contribution in [0.15, 0.2) is 34.6 Å². The number of ether oxygens (including phenoxy) is 2. The number of fused-ring (bicyclic) bond motifs is 2. The van der Waals surface area contributed by atoms with Crippen LogP contribution in [0, 0.1) is 5.92 Å². The summed E-state index contributed by atoms with van der Waals surface area (Å²) in [6, 6.07) is 3.62. The van der Waals surface area contributed by atoms with Crippen LogP contribution in [-0.2, 0) is 4.79 Å². The molecule has 1 amide bonds. The zero-order valence-corrected chi connectivity index (χ0v) is 17.7. The van der Waals surface area contributed by atoms with Crippen molar-refractivity contribution in [1.82, 2.24) is 20.6 Å². The number of nitrogens with zero attached hydrogens (tertiary/aromatic N) is 3. The summed E-state index contributed by atoms with van der Waals surface area (Å²) in [5, 5.41) is 7.48. The molecule has 2 bridgehead atoms. The monoisotopic (exact) mass is 429 g/mol. The average Bonchev–Trinajstić information content (AvgIpc) is 2.75. The first-order valence-corrected chi connectivity index (χ1v) is 10.3. The fourth-order valence-electron chi connectivity index (χ4n) is 3.79. The number of allylic oxidation sites excluding steroid dienone is 2. The Morgan fingerprint density at radius 1 is 1.30 bits per heavy atom. The lowest BCUT2D eigenvalue weighted by Gasteiger charge is -2.28. The Morgan fingerprint density at radius 3 is 3.00 bits per heavy atom. The van der Waals surface area contributed by atoms with Crippen LogP contribution in [0.1, 0.15) is 19.8 Å². The topological polar surface area (TPSA) is 97.7 Å². The third kappa shape index (κ3) is 4.24. The summed E-state index contributed by atoms with van der Waals surface area (Å²) in [6.07, 6.45) is 5.18. The Hall–Kier alpha value is -2.71. The molecule has 0 fully saturated rings. The zero-order chi connectivity index (χ0) is 21.1. The van der Waals surface area contributed by atoms with Crippen LogP contribution >= 0.6 is 11.6 Å². The van der Waals surface area contributed by atoms with Crippen LogP contribution in [0.2, 0.25) is 0 Å². The van der Waals surface area contributed by atoms with Crippen molar-refractivity contribution in [3.05, 3.63) is 29.6 Å². The lowest BCUT2D eigenvalue weighted by molar-refractivity contribution is -0.120. The molecule has 0 spiro atoms. The van der Waals surface area contributed by atoms with Crippen molar-refractivity contribution in [2.24, 2.45) is 10.9 Å². The number of benzene rings is 1. The molecule has 30 heavy (non-hydrogen) atoms. The van der Waals surface area contributed by atoms with Gasteiger partial charge in [-0.2, -0.15) is 0 Å². The number of methoxy groups -OCH3 is 1. The maximum Gasteiger partial charge on any atom is 0.234 e. The molecule has 9 heteroatoms. The van der Waals surface area contributed by atoms with E-state index in [9.17, 15) is 4.79 Å². The molecule has 2 aliphatic rings. The Kier molecular flexibility index (Phi) is 6.15. The number of hydrogen-bond acceptors (Lipinski definition) is 7. The Labute approximate surface area is 179 Å². The Morgan fingerprint density at radius 2 is 2.17 bits per heavy atom. The molecule has 2 unspecified atom stereocenters. The van der Waals surface area contributed by atoms with Crippen molar-refractivity contribution in [3.8, 4) is 11.5 Å². The van der Waals surface area contributed by atoms with Gasteiger partial charge in [-0.05, 0) is 25.8 Å². The molecule has 158 valence electrons. The minimum atomic E-state index is -0.0848. The van der Waals surface area contributed by atoms with Crippen LogP contribution in [-0.4, -0.2) is 54.4 Å². The molecule has 1 aromatic carbocycles. The molecule has 2 aromatic rings. The molecule has 2 heterocycles. The molecule has 0 saturated heterocycles. The number of halogens is 1. The minimum Gasteiger partial charge on any atom is -0.494 e. The zero-order valence-electron chi connectivity index (χ0n) is 16.9. The summed E-state index contributed by atoms with van der Waals surface area (Å²) in [5.41, 5.74) is 1.40. The number of aromatic nitrogens is 2. The van der Waals surface area contributed by atoms with E-state index in [1.807, 2.05) is 19.1 Å². The molecule has 2 atom stereocenters. The van der Waals surface area contributed by atoms with E-state index < -0.39 is 0 Å². The number of carbonyl (C=O) groups is 1. The van der Waals surface area contributed by atoms with Gasteiger partial charge >= 0.3 is 0 Å². The number of carbonyl (C=O) groups excluding carboxylic acids is 1. The van der Waals surface area contributed by atoms with E-state index in [0.29, 0.717) is 46.4 Å². The smallest absolute Gasteiger partial charge is 0.234 e. The molecule has 0 saturated carbocycles. The Bertz CT molecular complexity index is 1020. The SMILES string of the molecule is COc1cc2cc3c(ncnc13)N=C1C(Cl)=CCCC1C(C)NCC(=O)NCCO2. The second kappa shape index (κ2) is 8.97.